The molecule has 0 saturated carbocycles. The second-order valence-electron chi connectivity index (χ2n) is 7.05. The second kappa shape index (κ2) is 7.24. The number of carbonyl (C=O) groups is 2. The number of aliphatic hydroxyl groups is 1. The summed E-state index contributed by atoms with van der Waals surface area (Å²) in [7, 11) is 0. The number of amides is 1. The number of hydrogen-bond acceptors (Lipinski definition) is 5. The first-order valence-electron chi connectivity index (χ1n) is 9.18. The Kier molecular flexibility index (Phi) is 4.77. The van der Waals surface area contributed by atoms with Crippen LogP contribution in [0.25, 0.3) is 0 Å². The summed E-state index contributed by atoms with van der Waals surface area (Å²) in [6.45, 7) is 2.55. The molecule has 3 heterocycles. The first-order chi connectivity index (χ1) is 13.5. The van der Waals surface area contributed by atoms with Crippen LogP contribution in [-0.2, 0) is 9.53 Å². The second-order valence-corrected chi connectivity index (χ2v) is 7.05. The summed E-state index contributed by atoms with van der Waals surface area (Å²) in [6.07, 6.45) is 1.52. The van der Waals surface area contributed by atoms with Gasteiger partial charge in [0.05, 0.1) is 17.7 Å². The number of halogens is 1. The van der Waals surface area contributed by atoms with E-state index in [1.807, 2.05) is 0 Å². The third-order valence-corrected chi connectivity index (χ3v) is 5.12. The first-order valence-corrected chi connectivity index (χ1v) is 9.18. The molecule has 2 aromatic rings. The molecule has 1 fully saturated rings. The Morgan fingerprint density at radius 2 is 2.00 bits per heavy atom. The molecule has 1 N–H and O–H groups in total. The molecule has 0 bridgehead atoms. The van der Waals surface area contributed by atoms with E-state index in [1.54, 1.807) is 13.0 Å². The fraction of sp³-hybridized carbons (Fsp3) is 0.333. The lowest BCUT2D eigenvalue weighted by Crippen LogP contribution is -2.37. The summed E-state index contributed by atoms with van der Waals surface area (Å²) < 4.78 is 24.5. The predicted molar refractivity (Wildman–Crippen MR) is 97.3 cm³/mol. The molecule has 0 aliphatic carbocycles. The van der Waals surface area contributed by atoms with Crippen molar-refractivity contribution in [3.05, 3.63) is 70.6 Å². The average molecular weight is 385 g/mol. The Balaban J connectivity index is 1.75. The number of hydrogen-bond donors (Lipinski definition) is 1. The predicted octanol–water partition coefficient (Wildman–Crippen LogP) is 3.48. The minimum Gasteiger partial charge on any atom is -0.503 e. The summed E-state index contributed by atoms with van der Waals surface area (Å²) >= 11 is 0. The molecule has 4 rings (SSSR count). The van der Waals surface area contributed by atoms with Gasteiger partial charge in [0.25, 0.3) is 5.91 Å². The molecular weight excluding hydrogens is 365 g/mol. The van der Waals surface area contributed by atoms with Crippen molar-refractivity contribution in [3.63, 3.8) is 0 Å². The highest BCUT2D eigenvalue weighted by Crippen LogP contribution is 2.39. The zero-order chi connectivity index (χ0) is 19.8. The number of aryl methyl sites for hydroxylation is 1. The largest absolute Gasteiger partial charge is 0.503 e. The fourth-order valence-corrected chi connectivity index (χ4v) is 3.76. The maximum Gasteiger partial charge on any atom is 0.290 e. The van der Waals surface area contributed by atoms with Crippen LogP contribution in [0.15, 0.2) is 52.1 Å². The van der Waals surface area contributed by atoms with Crippen LogP contribution in [0, 0.1) is 12.7 Å². The zero-order valence-electron chi connectivity index (χ0n) is 15.4. The molecule has 146 valence electrons. The minimum absolute atomic E-state index is 0.0397. The van der Waals surface area contributed by atoms with Crippen molar-refractivity contribution in [2.75, 3.05) is 13.2 Å². The lowest BCUT2D eigenvalue weighted by Gasteiger charge is -2.28. The summed E-state index contributed by atoms with van der Waals surface area (Å²) in [5.41, 5.74) is 0.465. The highest BCUT2D eigenvalue weighted by atomic mass is 19.1. The van der Waals surface area contributed by atoms with Crippen molar-refractivity contribution in [1.29, 1.82) is 0 Å². The number of ketones is 1. The Bertz CT molecular complexity index is 940. The average Bonchev–Trinajstić information content (AvgIpc) is 3.40. The zero-order valence-corrected chi connectivity index (χ0v) is 15.4. The number of nitrogens with zero attached hydrogens (tertiary/aromatic N) is 1. The van der Waals surface area contributed by atoms with Gasteiger partial charge in [-0.15, -0.1) is 0 Å². The molecule has 2 atom stereocenters. The molecule has 0 radical (unpaired) electrons. The van der Waals surface area contributed by atoms with Crippen molar-refractivity contribution in [1.82, 2.24) is 4.90 Å². The van der Waals surface area contributed by atoms with Crippen LogP contribution in [0.2, 0.25) is 0 Å². The standard InChI is InChI=1S/C21H20FNO5/c1-12-4-9-16(28-12)19(24)17-18(13-5-7-14(22)8-6-13)23(21(26)20(17)25)11-15-3-2-10-27-15/h4-9,15,18,25H,2-3,10-11H2,1H3. The van der Waals surface area contributed by atoms with Crippen LogP contribution in [-0.4, -0.2) is 41.0 Å². The molecular formula is C21H20FNO5. The van der Waals surface area contributed by atoms with E-state index in [0.717, 1.165) is 12.8 Å². The highest BCUT2D eigenvalue weighted by Gasteiger charge is 2.45. The number of benzene rings is 1. The van der Waals surface area contributed by atoms with Crippen LogP contribution in [0.1, 0.15) is 40.8 Å². The monoisotopic (exact) mass is 385 g/mol. The normalized spacial score (nSPS) is 22.4. The van der Waals surface area contributed by atoms with Crippen molar-refractivity contribution >= 4 is 11.7 Å². The van der Waals surface area contributed by atoms with Gasteiger partial charge in [0, 0.05) is 13.2 Å². The number of carbonyl (C=O) groups excluding carboxylic acids is 2. The molecule has 7 heteroatoms. The fourth-order valence-electron chi connectivity index (χ4n) is 3.76. The first kappa shape index (κ1) is 18.4. The maximum absolute atomic E-state index is 13.4. The van der Waals surface area contributed by atoms with Gasteiger partial charge in [-0.1, -0.05) is 12.1 Å². The quantitative estimate of drug-likeness (QED) is 0.797. The molecule has 1 saturated heterocycles. The molecule has 1 amide bonds. The lowest BCUT2D eigenvalue weighted by atomic mass is 9.95. The highest BCUT2D eigenvalue weighted by molar-refractivity contribution is 6.15. The smallest absolute Gasteiger partial charge is 0.290 e. The van der Waals surface area contributed by atoms with Crippen LogP contribution in [0.5, 0.6) is 0 Å². The van der Waals surface area contributed by atoms with Gasteiger partial charge in [0.15, 0.2) is 11.5 Å². The number of ether oxygens (including phenoxy) is 1. The van der Waals surface area contributed by atoms with Crippen molar-refractivity contribution in [2.24, 2.45) is 0 Å². The molecule has 0 spiro atoms. The van der Waals surface area contributed by atoms with Gasteiger partial charge in [0.2, 0.25) is 5.78 Å². The van der Waals surface area contributed by atoms with Crippen LogP contribution in [0.3, 0.4) is 0 Å². The van der Waals surface area contributed by atoms with Gasteiger partial charge in [-0.2, -0.15) is 0 Å². The van der Waals surface area contributed by atoms with E-state index in [4.69, 9.17) is 9.15 Å². The number of aliphatic hydroxyl groups excluding tert-OH is 1. The third kappa shape index (κ3) is 3.22. The van der Waals surface area contributed by atoms with E-state index in [1.165, 1.54) is 35.2 Å². The molecule has 2 aliphatic heterocycles. The van der Waals surface area contributed by atoms with Gasteiger partial charge in [-0.05, 0) is 49.6 Å². The van der Waals surface area contributed by atoms with Gasteiger partial charge < -0.3 is 19.2 Å². The molecule has 1 aromatic heterocycles. The summed E-state index contributed by atoms with van der Waals surface area (Å²) in [4.78, 5) is 27.3. The van der Waals surface area contributed by atoms with E-state index >= 15 is 0 Å². The Morgan fingerprint density at radius 1 is 1.25 bits per heavy atom. The van der Waals surface area contributed by atoms with Crippen molar-refractivity contribution in [2.45, 2.75) is 31.9 Å². The molecule has 1 aromatic carbocycles. The topological polar surface area (TPSA) is 80.0 Å². The van der Waals surface area contributed by atoms with Gasteiger partial charge >= 0.3 is 0 Å². The summed E-state index contributed by atoms with van der Waals surface area (Å²) in [5, 5.41) is 10.5. The molecule has 2 aliphatic rings. The third-order valence-electron chi connectivity index (χ3n) is 5.12. The number of furan rings is 1. The van der Waals surface area contributed by atoms with E-state index in [-0.39, 0.29) is 24.0 Å². The SMILES string of the molecule is Cc1ccc(C(=O)C2=C(O)C(=O)N(CC3CCCO3)C2c2ccc(F)cc2)o1. The number of rotatable bonds is 5. The summed E-state index contributed by atoms with van der Waals surface area (Å²) in [6, 6.07) is 7.85. The number of Topliss-reactive ketones (excluding diaryl/α,β-unsaturated/α-hetero) is 1. The Labute approximate surface area is 161 Å². The summed E-state index contributed by atoms with van der Waals surface area (Å²) in [5.74, 6) is -1.66. The van der Waals surface area contributed by atoms with Crippen LogP contribution < -0.4 is 0 Å². The Morgan fingerprint density at radius 3 is 2.61 bits per heavy atom. The molecule has 28 heavy (non-hydrogen) atoms. The van der Waals surface area contributed by atoms with Crippen LogP contribution in [0.4, 0.5) is 4.39 Å². The van der Waals surface area contributed by atoms with E-state index in [2.05, 4.69) is 0 Å². The van der Waals surface area contributed by atoms with Crippen LogP contribution >= 0.6 is 0 Å². The van der Waals surface area contributed by atoms with Crippen molar-refractivity contribution < 1.29 is 28.2 Å². The molecule has 2 unspecified atom stereocenters. The van der Waals surface area contributed by atoms with E-state index in [0.29, 0.717) is 17.9 Å². The van der Waals surface area contributed by atoms with Gasteiger partial charge in [-0.25, -0.2) is 4.39 Å². The van der Waals surface area contributed by atoms with Gasteiger partial charge in [0.1, 0.15) is 11.6 Å². The van der Waals surface area contributed by atoms with E-state index in [9.17, 15) is 19.1 Å². The van der Waals surface area contributed by atoms with Gasteiger partial charge in [-0.3, -0.25) is 9.59 Å². The van der Waals surface area contributed by atoms with Crippen molar-refractivity contribution in [3.8, 4) is 0 Å². The van der Waals surface area contributed by atoms with E-state index < -0.39 is 29.3 Å². The lowest BCUT2D eigenvalue weighted by molar-refractivity contribution is -0.131. The maximum atomic E-state index is 13.4. The molecule has 6 nitrogen and oxygen atoms in total. The Hall–Kier alpha value is -2.93. The minimum atomic E-state index is -0.838.